The van der Waals surface area contributed by atoms with Crippen LogP contribution in [0.25, 0.3) is 32.8 Å². The van der Waals surface area contributed by atoms with Crippen molar-refractivity contribution < 1.29 is 14.2 Å². The van der Waals surface area contributed by atoms with E-state index in [2.05, 4.69) is 27.1 Å². The number of fused-ring (bicyclic) bond motifs is 4. The maximum Gasteiger partial charge on any atom is 0.319 e. The first-order valence-corrected chi connectivity index (χ1v) is 14.6. The molecule has 2 bridgehead atoms. The number of benzene rings is 3. The Morgan fingerprint density at radius 3 is 2.65 bits per heavy atom. The fourth-order valence-corrected chi connectivity index (χ4v) is 7.00. The predicted molar refractivity (Wildman–Crippen MR) is 157 cm³/mol. The van der Waals surface area contributed by atoms with E-state index in [1.807, 2.05) is 24.3 Å². The molecule has 7 nitrogen and oxygen atoms in total. The van der Waals surface area contributed by atoms with Crippen molar-refractivity contribution in [3.63, 3.8) is 0 Å². The van der Waals surface area contributed by atoms with Crippen molar-refractivity contribution in [3.8, 4) is 22.9 Å². The average molecular weight is 562 g/mol. The van der Waals surface area contributed by atoms with Crippen molar-refractivity contribution >= 4 is 39.1 Å². The van der Waals surface area contributed by atoms with Crippen LogP contribution in [0.2, 0.25) is 5.02 Å². The minimum absolute atomic E-state index is 0.0459. The number of phenolic OH excluding ortho intramolecular Hbond substituents is 1. The normalized spacial score (nSPS) is 23.3. The second-order valence-electron chi connectivity index (χ2n) is 11.5. The molecule has 3 saturated heterocycles. The number of nitrogens with one attached hydrogen (secondary N) is 1. The molecule has 0 spiro atoms. The molecule has 3 unspecified atom stereocenters. The zero-order chi connectivity index (χ0) is 27.4. The van der Waals surface area contributed by atoms with Gasteiger partial charge in [0.25, 0.3) is 0 Å². The van der Waals surface area contributed by atoms with E-state index < -0.39 is 5.82 Å². The summed E-state index contributed by atoms with van der Waals surface area (Å²) in [6.07, 6.45) is 5.64. The Morgan fingerprint density at radius 2 is 1.85 bits per heavy atom. The van der Waals surface area contributed by atoms with Crippen LogP contribution in [0.15, 0.2) is 42.5 Å². The third kappa shape index (κ3) is 4.62. The number of aromatic nitrogens is 2. The minimum atomic E-state index is -0.542. The molecule has 4 heterocycles. The fourth-order valence-electron chi connectivity index (χ4n) is 6.71. The number of phenols is 1. The Labute approximate surface area is 237 Å². The fraction of sp³-hybridized carbons (Fsp3) is 0.419. The SMILES string of the molecule is CN1CCCCC1COc1nc(N2CC3CCC(C2)N3)c2cc(Cl)c(-c3cc(O)cc4ccccc34)c(F)c2n1. The summed E-state index contributed by atoms with van der Waals surface area (Å²) >= 11 is 6.85. The molecule has 3 aromatic carbocycles. The smallest absolute Gasteiger partial charge is 0.319 e. The number of piperidine rings is 1. The van der Waals surface area contributed by atoms with Gasteiger partial charge in [-0.05, 0) is 73.8 Å². The molecular formula is C31H33ClFN5O2. The lowest BCUT2D eigenvalue weighted by Gasteiger charge is -2.34. The molecule has 4 aromatic rings. The van der Waals surface area contributed by atoms with Gasteiger partial charge in [-0.3, -0.25) is 0 Å². The van der Waals surface area contributed by atoms with Gasteiger partial charge in [-0.1, -0.05) is 42.3 Å². The van der Waals surface area contributed by atoms with Crippen molar-refractivity contribution in [2.45, 2.75) is 50.2 Å². The van der Waals surface area contributed by atoms with Crippen LogP contribution >= 0.6 is 11.6 Å². The monoisotopic (exact) mass is 561 g/mol. The molecule has 3 fully saturated rings. The Balaban J connectivity index is 1.37. The number of rotatable bonds is 5. The number of hydrogen-bond acceptors (Lipinski definition) is 7. The Hall–Kier alpha value is -3.20. The number of likely N-dealkylation sites (tertiary alicyclic amines) is 1. The van der Waals surface area contributed by atoms with Gasteiger partial charge in [-0.15, -0.1) is 0 Å². The summed E-state index contributed by atoms with van der Waals surface area (Å²) < 4.78 is 22.9. The maximum atomic E-state index is 16.7. The third-order valence-electron chi connectivity index (χ3n) is 8.80. The second-order valence-corrected chi connectivity index (χ2v) is 11.9. The highest BCUT2D eigenvalue weighted by molar-refractivity contribution is 6.35. The topological polar surface area (TPSA) is 73.8 Å². The molecule has 3 aliphatic heterocycles. The largest absolute Gasteiger partial charge is 0.508 e. The van der Waals surface area contributed by atoms with E-state index in [9.17, 15) is 5.11 Å². The van der Waals surface area contributed by atoms with Crippen molar-refractivity contribution in [1.29, 1.82) is 0 Å². The molecular weight excluding hydrogens is 529 g/mol. The molecule has 1 aromatic heterocycles. The van der Waals surface area contributed by atoms with Gasteiger partial charge in [0.2, 0.25) is 0 Å². The Kier molecular flexibility index (Phi) is 6.65. The van der Waals surface area contributed by atoms with Gasteiger partial charge in [0, 0.05) is 42.2 Å². The van der Waals surface area contributed by atoms with Gasteiger partial charge in [0.05, 0.1) is 5.02 Å². The molecule has 9 heteroatoms. The summed E-state index contributed by atoms with van der Waals surface area (Å²) in [5.41, 5.74) is 0.908. The number of piperazine rings is 1. The van der Waals surface area contributed by atoms with Crippen LogP contribution in [0, 0.1) is 5.82 Å². The zero-order valence-electron chi connectivity index (χ0n) is 22.5. The molecule has 3 aliphatic rings. The summed E-state index contributed by atoms with van der Waals surface area (Å²) in [6, 6.07) is 13.8. The first-order valence-electron chi connectivity index (χ1n) is 14.2. The summed E-state index contributed by atoms with van der Waals surface area (Å²) in [5, 5.41) is 16.5. The highest BCUT2D eigenvalue weighted by atomic mass is 35.5. The molecule has 0 saturated carbocycles. The van der Waals surface area contributed by atoms with Crippen molar-refractivity contribution in [2.75, 3.05) is 38.2 Å². The van der Waals surface area contributed by atoms with Crippen LogP contribution in [0.1, 0.15) is 32.1 Å². The molecule has 3 atom stereocenters. The molecule has 40 heavy (non-hydrogen) atoms. The first-order chi connectivity index (χ1) is 19.4. The van der Waals surface area contributed by atoms with E-state index in [-0.39, 0.29) is 33.9 Å². The van der Waals surface area contributed by atoms with Crippen LogP contribution in [-0.2, 0) is 0 Å². The number of nitrogens with zero attached hydrogens (tertiary/aromatic N) is 4. The van der Waals surface area contributed by atoms with Crippen LogP contribution in [-0.4, -0.2) is 71.4 Å². The first kappa shape index (κ1) is 25.7. The highest BCUT2D eigenvalue weighted by Crippen LogP contribution is 2.43. The van der Waals surface area contributed by atoms with Crippen LogP contribution in [0.5, 0.6) is 11.8 Å². The molecule has 208 valence electrons. The second kappa shape index (κ2) is 10.3. The quantitative estimate of drug-likeness (QED) is 0.321. The lowest BCUT2D eigenvalue weighted by Crippen LogP contribution is -2.51. The number of ether oxygens (including phenoxy) is 1. The van der Waals surface area contributed by atoms with Gasteiger partial charge in [-0.25, -0.2) is 4.39 Å². The lowest BCUT2D eigenvalue weighted by molar-refractivity contribution is 0.120. The number of hydrogen-bond donors (Lipinski definition) is 2. The zero-order valence-corrected chi connectivity index (χ0v) is 23.3. The van der Waals surface area contributed by atoms with E-state index in [4.69, 9.17) is 21.3 Å². The lowest BCUT2D eigenvalue weighted by atomic mass is 9.96. The summed E-state index contributed by atoms with van der Waals surface area (Å²) in [7, 11) is 2.11. The van der Waals surface area contributed by atoms with Crippen molar-refractivity contribution in [1.82, 2.24) is 20.2 Å². The van der Waals surface area contributed by atoms with E-state index in [0.29, 0.717) is 35.5 Å². The van der Waals surface area contributed by atoms with Gasteiger partial charge < -0.3 is 25.0 Å². The van der Waals surface area contributed by atoms with E-state index in [0.717, 1.165) is 49.7 Å². The van der Waals surface area contributed by atoms with Gasteiger partial charge >= 0.3 is 6.01 Å². The van der Waals surface area contributed by atoms with E-state index in [1.54, 1.807) is 18.2 Å². The summed E-state index contributed by atoms with van der Waals surface area (Å²) in [6.45, 7) is 3.06. The number of halogens is 2. The third-order valence-corrected chi connectivity index (χ3v) is 9.10. The van der Waals surface area contributed by atoms with Crippen molar-refractivity contribution in [3.05, 3.63) is 53.3 Å². The summed E-state index contributed by atoms with van der Waals surface area (Å²) in [4.78, 5) is 14.0. The number of likely N-dealkylation sites (N-methyl/N-ethyl adjacent to an activating group) is 1. The Morgan fingerprint density at radius 1 is 1.05 bits per heavy atom. The molecule has 2 N–H and O–H groups in total. The average Bonchev–Trinajstić information content (AvgIpc) is 3.29. The molecule has 7 rings (SSSR count). The predicted octanol–water partition coefficient (Wildman–Crippen LogP) is 5.75. The maximum absolute atomic E-state index is 16.7. The van der Waals surface area contributed by atoms with Gasteiger partial charge in [0.15, 0.2) is 5.82 Å². The Bertz CT molecular complexity index is 1590. The number of aromatic hydroxyl groups is 1. The molecule has 0 amide bonds. The van der Waals surface area contributed by atoms with Gasteiger partial charge in [0.1, 0.15) is 23.7 Å². The molecule has 0 aliphatic carbocycles. The minimum Gasteiger partial charge on any atom is -0.508 e. The van der Waals surface area contributed by atoms with Crippen molar-refractivity contribution in [2.24, 2.45) is 0 Å². The van der Waals surface area contributed by atoms with Crippen LogP contribution in [0.3, 0.4) is 0 Å². The van der Waals surface area contributed by atoms with Crippen LogP contribution in [0.4, 0.5) is 10.2 Å². The highest BCUT2D eigenvalue weighted by Gasteiger charge is 2.34. The van der Waals surface area contributed by atoms with Crippen LogP contribution < -0.4 is 15.0 Å². The molecule has 0 radical (unpaired) electrons. The number of anilines is 1. The standard InChI is InChI=1S/C31H33ClFN5O2/c1-37-11-5-4-7-21(37)17-40-31-35-29-25(30(36-31)38-15-19-9-10-20(16-38)34-19)14-26(32)27(28(29)33)24-13-22(39)12-18-6-2-3-8-23(18)24/h2-3,6,8,12-14,19-21,34,39H,4-5,7,9-11,15-17H2,1H3. The summed E-state index contributed by atoms with van der Waals surface area (Å²) in [5.74, 6) is 0.160. The van der Waals surface area contributed by atoms with E-state index >= 15 is 4.39 Å². The van der Waals surface area contributed by atoms with Gasteiger partial charge in [-0.2, -0.15) is 9.97 Å². The van der Waals surface area contributed by atoms with E-state index in [1.165, 1.54) is 12.8 Å².